The Balaban J connectivity index is 2.51. The molecule has 2 rings (SSSR count). The van der Waals surface area contributed by atoms with Gasteiger partial charge in [-0.2, -0.15) is 0 Å². The van der Waals surface area contributed by atoms with E-state index in [0.29, 0.717) is 16.3 Å². The molecular weight excluding hydrogens is 334 g/mol. The Bertz CT molecular complexity index is 688. The second kappa shape index (κ2) is 7.21. The lowest BCUT2D eigenvalue weighted by atomic mass is 9.99. The highest BCUT2D eigenvalue weighted by atomic mass is 35.5. The molecule has 130 valence electrons. The number of esters is 2. The first-order valence-electron chi connectivity index (χ1n) is 7.61. The molecule has 1 saturated heterocycles. The van der Waals surface area contributed by atoms with Crippen LogP contribution in [-0.4, -0.2) is 37.1 Å². The monoisotopic (exact) mass is 353 g/mol. The van der Waals surface area contributed by atoms with E-state index >= 15 is 0 Å². The predicted molar refractivity (Wildman–Crippen MR) is 89.0 cm³/mol. The van der Waals surface area contributed by atoms with Crippen molar-refractivity contribution in [1.29, 1.82) is 0 Å². The van der Waals surface area contributed by atoms with Gasteiger partial charge in [-0.15, -0.1) is 0 Å². The number of carbonyl (C=O) groups excluding carboxylic acids is 3. The quantitative estimate of drug-likeness (QED) is 0.777. The molecule has 0 aliphatic carbocycles. The number of cyclic esters (lactones) is 1. The molecule has 6 nitrogen and oxygen atoms in total. The van der Waals surface area contributed by atoms with Gasteiger partial charge in [0.15, 0.2) is 6.61 Å². The van der Waals surface area contributed by atoms with Crippen molar-refractivity contribution in [2.45, 2.75) is 33.7 Å². The van der Waals surface area contributed by atoms with Gasteiger partial charge >= 0.3 is 11.9 Å². The molecule has 0 radical (unpaired) electrons. The van der Waals surface area contributed by atoms with Crippen LogP contribution in [0.25, 0.3) is 0 Å². The van der Waals surface area contributed by atoms with E-state index in [9.17, 15) is 14.4 Å². The number of nitrogens with zero attached hydrogens (tertiary/aromatic N) is 1. The maximum Gasteiger partial charge on any atom is 0.329 e. The average Bonchev–Trinajstić information content (AvgIpc) is 2.84. The number of halogens is 1. The molecule has 1 heterocycles. The Kier molecular flexibility index (Phi) is 5.49. The number of hydrogen-bond donors (Lipinski definition) is 0. The van der Waals surface area contributed by atoms with Crippen molar-refractivity contribution in [1.82, 2.24) is 0 Å². The SMILES string of the molecule is CC(=O)OCC(=O)N(c1c(C)ccc(Cl)c1C)C1C(=O)OCC1C. The largest absolute Gasteiger partial charge is 0.464 e. The number of benzene rings is 1. The molecule has 1 aliphatic heterocycles. The minimum absolute atomic E-state index is 0.184. The molecule has 1 aliphatic rings. The standard InChI is InChI=1S/C17H20ClNO5/c1-9-5-6-13(18)11(3)15(9)19(14(21)8-23-12(4)20)16-10(2)7-24-17(16)22/h5-6,10,16H,7-8H2,1-4H3. The second-order valence-corrected chi connectivity index (χ2v) is 6.34. The third kappa shape index (κ3) is 3.53. The number of ether oxygens (including phenoxy) is 2. The molecule has 1 aromatic rings. The van der Waals surface area contributed by atoms with Crippen LogP contribution in [0.15, 0.2) is 12.1 Å². The van der Waals surface area contributed by atoms with Crippen molar-refractivity contribution in [2.75, 3.05) is 18.1 Å². The molecule has 0 spiro atoms. The molecule has 0 N–H and O–H groups in total. The normalized spacial score (nSPS) is 19.8. The maximum atomic E-state index is 12.7. The number of carbonyl (C=O) groups is 3. The first-order chi connectivity index (χ1) is 11.2. The molecule has 2 unspecified atom stereocenters. The van der Waals surface area contributed by atoms with Gasteiger partial charge in [0, 0.05) is 17.9 Å². The van der Waals surface area contributed by atoms with Crippen LogP contribution < -0.4 is 4.90 Å². The van der Waals surface area contributed by atoms with Gasteiger partial charge in [-0.1, -0.05) is 24.6 Å². The predicted octanol–water partition coefficient (Wildman–Crippen LogP) is 2.41. The molecule has 1 amide bonds. The summed E-state index contributed by atoms with van der Waals surface area (Å²) in [5.74, 6) is -1.71. The van der Waals surface area contributed by atoms with Crippen LogP contribution in [0.3, 0.4) is 0 Å². The summed E-state index contributed by atoms with van der Waals surface area (Å²) in [6.45, 7) is 6.45. The van der Waals surface area contributed by atoms with Gasteiger partial charge < -0.3 is 9.47 Å². The summed E-state index contributed by atoms with van der Waals surface area (Å²) in [6, 6.07) is 2.74. The number of anilines is 1. The zero-order chi connectivity index (χ0) is 18.0. The van der Waals surface area contributed by atoms with E-state index in [4.69, 9.17) is 21.1 Å². The van der Waals surface area contributed by atoms with Crippen molar-refractivity contribution in [3.05, 3.63) is 28.3 Å². The van der Waals surface area contributed by atoms with Gasteiger partial charge in [0.25, 0.3) is 5.91 Å². The second-order valence-electron chi connectivity index (χ2n) is 5.93. The fourth-order valence-electron chi connectivity index (χ4n) is 2.82. The molecule has 0 saturated carbocycles. The van der Waals surface area contributed by atoms with Crippen LogP contribution in [0.2, 0.25) is 5.02 Å². The molecule has 0 aromatic heterocycles. The number of hydrogen-bond acceptors (Lipinski definition) is 5. The fraction of sp³-hybridized carbons (Fsp3) is 0.471. The minimum Gasteiger partial charge on any atom is -0.464 e. The summed E-state index contributed by atoms with van der Waals surface area (Å²) in [5, 5.41) is 0.486. The summed E-state index contributed by atoms with van der Waals surface area (Å²) < 4.78 is 9.92. The van der Waals surface area contributed by atoms with Gasteiger partial charge in [-0.25, -0.2) is 4.79 Å². The Morgan fingerprint density at radius 1 is 1.38 bits per heavy atom. The Hall–Kier alpha value is -2.08. The molecule has 1 aromatic carbocycles. The highest BCUT2D eigenvalue weighted by Gasteiger charge is 2.42. The summed E-state index contributed by atoms with van der Waals surface area (Å²) in [7, 11) is 0. The summed E-state index contributed by atoms with van der Waals surface area (Å²) in [6.07, 6.45) is 0. The first-order valence-corrected chi connectivity index (χ1v) is 7.99. The lowest BCUT2D eigenvalue weighted by molar-refractivity contribution is -0.146. The van der Waals surface area contributed by atoms with Gasteiger partial charge in [0.05, 0.1) is 12.3 Å². The summed E-state index contributed by atoms with van der Waals surface area (Å²) in [4.78, 5) is 37.3. The number of amides is 1. The molecule has 0 bridgehead atoms. The first kappa shape index (κ1) is 18.3. The van der Waals surface area contributed by atoms with Gasteiger partial charge in [0.1, 0.15) is 6.04 Å². The Morgan fingerprint density at radius 2 is 2.04 bits per heavy atom. The van der Waals surface area contributed by atoms with Crippen LogP contribution in [0.5, 0.6) is 0 Å². The van der Waals surface area contributed by atoms with Gasteiger partial charge in [0.2, 0.25) is 0 Å². The van der Waals surface area contributed by atoms with Crippen LogP contribution >= 0.6 is 11.6 Å². The summed E-state index contributed by atoms with van der Waals surface area (Å²) in [5.41, 5.74) is 2.02. The van der Waals surface area contributed by atoms with E-state index in [2.05, 4.69) is 0 Å². The van der Waals surface area contributed by atoms with Crippen molar-refractivity contribution >= 4 is 35.1 Å². The third-order valence-corrected chi connectivity index (χ3v) is 4.43. The molecule has 24 heavy (non-hydrogen) atoms. The molecule has 2 atom stereocenters. The minimum atomic E-state index is -0.774. The lowest BCUT2D eigenvalue weighted by Gasteiger charge is -2.31. The van der Waals surface area contributed by atoms with E-state index in [-0.39, 0.29) is 12.5 Å². The van der Waals surface area contributed by atoms with Crippen molar-refractivity contribution in [3.63, 3.8) is 0 Å². The smallest absolute Gasteiger partial charge is 0.329 e. The average molecular weight is 354 g/mol. The van der Waals surface area contributed by atoms with Crippen LogP contribution in [0, 0.1) is 19.8 Å². The highest BCUT2D eigenvalue weighted by molar-refractivity contribution is 6.32. The van der Waals surface area contributed by atoms with Gasteiger partial charge in [-0.3, -0.25) is 14.5 Å². The van der Waals surface area contributed by atoms with Crippen molar-refractivity contribution in [2.24, 2.45) is 5.92 Å². The zero-order valence-electron chi connectivity index (χ0n) is 14.1. The van der Waals surface area contributed by atoms with E-state index in [1.165, 1.54) is 11.8 Å². The summed E-state index contributed by atoms with van der Waals surface area (Å²) >= 11 is 6.20. The van der Waals surface area contributed by atoms with E-state index in [0.717, 1.165) is 5.56 Å². The van der Waals surface area contributed by atoms with Gasteiger partial charge in [-0.05, 0) is 31.0 Å². The highest BCUT2D eigenvalue weighted by Crippen LogP contribution is 2.35. The topological polar surface area (TPSA) is 72.9 Å². The maximum absolute atomic E-state index is 12.7. The van der Waals surface area contributed by atoms with Crippen LogP contribution in [0.4, 0.5) is 5.69 Å². The van der Waals surface area contributed by atoms with Crippen LogP contribution in [0.1, 0.15) is 25.0 Å². The van der Waals surface area contributed by atoms with Crippen molar-refractivity contribution in [3.8, 4) is 0 Å². The third-order valence-electron chi connectivity index (χ3n) is 4.02. The van der Waals surface area contributed by atoms with E-state index in [1.54, 1.807) is 19.1 Å². The molecular formula is C17H20ClNO5. The van der Waals surface area contributed by atoms with Crippen molar-refractivity contribution < 1.29 is 23.9 Å². The lowest BCUT2D eigenvalue weighted by Crippen LogP contribution is -2.48. The zero-order valence-corrected chi connectivity index (χ0v) is 14.8. The molecule has 1 fully saturated rings. The van der Waals surface area contributed by atoms with E-state index < -0.39 is 30.5 Å². The van der Waals surface area contributed by atoms with E-state index in [1.807, 2.05) is 13.8 Å². The Morgan fingerprint density at radius 3 is 2.58 bits per heavy atom. The number of aryl methyl sites for hydroxylation is 1. The Labute approximate surface area is 145 Å². The molecule has 7 heteroatoms. The van der Waals surface area contributed by atoms with Crippen LogP contribution in [-0.2, 0) is 23.9 Å². The number of rotatable bonds is 4. The fourth-order valence-corrected chi connectivity index (χ4v) is 2.97.